The summed E-state index contributed by atoms with van der Waals surface area (Å²) in [4.78, 5) is 0. The first-order valence-corrected chi connectivity index (χ1v) is 6.73. The fourth-order valence-electron chi connectivity index (χ4n) is 1.71. The van der Waals surface area contributed by atoms with Crippen molar-refractivity contribution in [3.63, 3.8) is 0 Å². The normalized spacial score (nSPS) is 14.6. The van der Waals surface area contributed by atoms with E-state index in [2.05, 4.69) is 19.2 Å². The van der Waals surface area contributed by atoms with E-state index in [4.69, 9.17) is 4.74 Å². The second-order valence-electron chi connectivity index (χ2n) is 5.27. The molecule has 0 fully saturated rings. The van der Waals surface area contributed by atoms with Crippen LogP contribution in [-0.2, 0) is 4.74 Å². The van der Waals surface area contributed by atoms with Gasteiger partial charge in [0.15, 0.2) is 0 Å². The Kier molecular flexibility index (Phi) is 6.99. The highest BCUT2D eigenvalue weighted by atomic mass is 19.1. The molecule has 0 heterocycles. The van der Waals surface area contributed by atoms with Crippen LogP contribution in [0, 0.1) is 11.7 Å². The fraction of sp³-hybridized carbons (Fsp3) is 0.600. The second-order valence-corrected chi connectivity index (χ2v) is 5.27. The highest BCUT2D eigenvalue weighted by Crippen LogP contribution is 2.13. The monoisotopic (exact) mass is 269 g/mol. The Labute approximate surface area is 114 Å². The molecule has 1 aromatic carbocycles. The third kappa shape index (κ3) is 6.66. The van der Waals surface area contributed by atoms with Gasteiger partial charge in [-0.1, -0.05) is 26.0 Å². The SMILES string of the molecule is CC(C)COCC(O)CN[C@@H](C)c1cccc(F)c1. The summed E-state index contributed by atoms with van der Waals surface area (Å²) >= 11 is 0. The first-order chi connectivity index (χ1) is 8.99. The third-order valence-electron chi connectivity index (χ3n) is 2.77. The lowest BCUT2D eigenvalue weighted by atomic mass is 10.1. The molecule has 108 valence electrons. The molecule has 1 unspecified atom stereocenters. The molecule has 0 radical (unpaired) electrons. The van der Waals surface area contributed by atoms with Crippen LogP contribution in [0.3, 0.4) is 0 Å². The van der Waals surface area contributed by atoms with Crippen LogP contribution >= 0.6 is 0 Å². The maximum Gasteiger partial charge on any atom is 0.123 e. The van der Waals surface area contributed by atoms with Gasteiger partial charge in [-0.2, -0.15) is 0 Å². The first-order valence-electron chi connectivity index (χ1n) is 6.73. The number of hydrogen-bond acceptors (Lipinski definition) is 3. The minimum absolute atomic E-state index is 0.00421. The standard InChI is InChI=1S/C15H24FNO2/c1-11(2)9-19-10-15(18)8-17-12(3)13-5-4-6-14(16)7-13/h4-7,11-12,15,17-18H,8-10H2,1-3H3/t12-,15?/m0/s1. The van der Waals surface area contributed by atoms with Crippen molar-refractivity contribution < 1.29 is 14.2 Å². The number of hydrogen-bond donors (Lipinski definition) is 2. The molecule has 0 amide bonds. The van der Waals surface area contributed by atoms with Crippen molar-refractivity contribution in [1.29, 1.82) is 0 Å². The molecule has 1 rings (SSSR count). The van der Waals surface area contributed by atoms with E-state index in [9.17, 15) is 9.50 Å². The van der Waals surface area contributed by atoms with Gasteiger partial charge in [0.1, 0.15) is 5.82 Å². The Hall–Kier alpha value is -0.970. The zero-order chi connectivity index (χ0) is 14.3. The topological polar surface area (TPSA) is 41.5 Å². The highest BCUT2D eigenvalue weighted by Gasteiger charge is 2.09. The molecule has 0 saturated carbocycles. The van der Waals surface area contributed by atoms with Crippen LogP contribution in [0.2, 0.25) is 0 Å². The Morgan fingerprint density at radius 1 is 1.26 bits per heavy atom. The number of rotatable bonds is 8. The van der Waals surface area contributed by atoms with E-state index in [-0.39, 0.29) is 11.9 Å². The van der Waals surface area contributed by atoms with Gasteiger partial charge in [0.25, 0.3) is 0 Å². The van der Waals surface area contributed by atoms with E-state index in [1.807, 2.05) is 13.0 Å². The summed E-state index contributed by atoms with van der Waals surface area (Å²) in [5.41, 5.74) is 0.871. The Morgan fingerprint density at radius 3 is 2.63 bits per heavy atom. The summed E-state index contributed by atoms with van der Waals surface area (Å²) in [6.45, 7) is 7.47. The molecule has 0 aliphatic rings. The van der Waals surface area contributed by atoms with Crippen molar-refractivity contribution in [3.8, 4) is 0 Å². The molecule has 0 bridgehead atoms. The number of aliphatic hydroxyl groups excluding tert-OH is 1. The third-order valence-corrected chi connectivity index (χ3v) is 2.77. The molecule has 2 atom stereocenters. The summed E-state index contributed by atoms with van der Waals surface area (Å²) in [5.74, 6) is 0.221. The van der Waals surface area contributed by atoms with Crippen molar-refractivity contribution in [2.75, 3.05) is 19.8 Å². The molecule has 3 nitrogen and oxygen atoms in total. The quantitative estimate of drug-likeness (QED) is 0.762. The number of halogens is 1. The van der Waals surface area contributed by atoms with Crippen molar-refractivity contribution >= 4 is 0 Å². The minimum atomic E-state index is -0.547. The molecule has 19 heavy (non-hydrogen) atoms. The lowest BCUT2D eigenvalue weighted by molar-refractivity contribution is 0.0252. The Balaban J connectivity index is 2.27. The molecule has 4 heteroatoms. The summed E-state index contributed by atoms with van der Waals surface area (Å²) < 4.78 is 18.4. The first kappa shape index (κ1) is 16.1. The van der Waals surface area contributed by atoms with Gasteiger partial charge in [-0.3, -0.25) is 0 Å². The molecular weight excluding hydrogens is 245 g/mol. The number of ether oxygens (including phenoxy) is 1. The lowest BCUT2D eigenvalue weighted by Gasteiger charge is -2.18. The largest absolute Gasteiger partial charge is 0.389 e. The summed E-state index contributed by atoms with van der Waals surface area (Å²) in [7, 11) is 0. The van der Waals surface area contributed by atoms with Crippen LogP contribution in [0.15, 0.2) is 24.3 Å². The molecule has 0 aliphatic carbocycles. The van der Waals surface area contributed by atoms with Crippen LogP contribution in [-0.4, -0.2) is 31.0 Å². The molecule has 1 aromatic rings. The number of nitrogens with one attached hydrogen (secondary N) is 1. The van der Waals surface area contributed by atoms with Crippen molar-refractivity contribution in [2.45, 2.75) is 32.9 Å². The van der Waals surface area contributed by atoms with Crippen LogP contribution in [0.25, 0.3) is 0 Å². The van der Waals surface area contributed by atoms with Crippen molar-refractivity contribution in [3.05, 3.63) is 35.6 Å². The predicted molar refractivity (Wildman–Crippen MR) is 74.5 cm³/mol. The maximum absolute atomic E-state index is 13.1. The lowest BCUT2D eigenvalue weighted by Crippen LogP contribution is -2.32. The van der Waals surface area contributed by atoms with Crippen LogP contribution in [0.5, 0.6) is 0 Å². The van der Waals surface area contributed by atoms with Crippen LogP contribution in [0.1, 0.15) is 32.4 Å². The minimum Gasteiger partial charge on any atom is -0.389 e. The van der Waals surface area contributed by atoms with Gasteiger partial charge in [0, 0.05) is 19.2 Å². The van der Waals surface area contributed by atoms with Gasteiger partial charge in [-0.15, -0.1) is 0 Å². The van der Waals surface area contributed by atoms with Crippen molar-refractivity contribution in [1.82, 2.24) is 5.32 Å². The maximum atomic E-state index is 13.1. The number of aliphatic hydroxyl groups is 1. The van der Waals surface area contributed by atoms with Gasteiger partial charge < -0.3 is 15.2 Å². The van der Waals surface area contributed by atoms with Gasteiger partial charge in [0.2, 0.25) is 0 Å². The van der Waals surface area contributed by atoms with E-state index in [1.54, 1.807) is 6.07 Å². The van der Waals surface area contributed by atoms with E-state index in [0.717, 1.165) is 5.56 Å². The molecule has 2 N–H and O–H groups in total. The average molecular weight is 269 g/mol. The molecule has 0 aliphatic heterocycles. The van der Waals surface area contributed by atoms with Gasteiger partial charge in [0.05, 0.1) is 12.7 Å². The van der Waals surface area contributed by atoms with E-state index < -0.39 is 6.10 Å². The highest BCUT2D eigenvalue weighted by molar-refractivity contribution is 5.19. The summed E-state index contributed by atoms with van der Waals surface area (Å²) in [5, 5.41) is 12.9. The van der Waals surface area contributed by atoms with Crippen LogP contribution < -0.4 is 5.32 Å². The predicted octanol–water partition coefficient (Wildman–Crippen LogP) is 2.51. The molecule has 0 aromatic heterocycles. The number of benzene rings is 1. The summed E-state index contributed by atoms with van der Waals surface area (Å²) in [6.07, 6.45) is -0.547. The van der Waals surface area contributed by atoms with Gasteiger partial charge in [-0.25, -0.2) is 4.39 Å². The molecule has 0 spiro atoms. The van der Waals surface area contributed by atoms with Crippen LogP contribution in [0.4, 0.5) is 4.39 Å². The van der Waals surface area contributed by atoms with Gasteiger partial charge >= 0.3 is 0 Å². The van der Waals surface area contributed by atoms with Crippen molar-refractivity contribution in [2.24, 2.45) is 5.92 Å². The summed E-state index contributed by atoms with van der Waals surface area (Å²) in [6, 6.07) is 6.47. The smallest absolute Gasteiger partial charge is 0.123 e. The zero-order valence-electron chi connectivity index (χ0n) is 11.9. The van der Waals surface area contributed by atoms with E-state index >= 15 is 0 Å². The zero-order valence-corrected chi connectivity index (χ0v) is 11.9. The fourth-order valence-corrected chi connectivity index (χ4v) is 1.71. The average Bonchev–Trinajstić information content (AvgIpc) is 2.35. The van der Waals surface area contributed by atoms with Gasteiger partial charge in [-0.05, 0) is 30.5 Å². The Bertz CT molecular complexity index is 371. The Morgan fingerprint density at radius 2 is 2.00 bits per heavy atom. The molecular formula is C15H24FNO2. The second kappa shape index (κ2) is 8.25. The van der Waals surface area contributed by atoms with E-state index in [0.29, 0.717) is 25.7 Å². The van der Waals surface area contributed by atoms with E-state index in [1.165, 1.54) is 12.1 Å². The molecule has 0 saturated heterocycles.